The molecule has 0 amide bonds. The Kier molecular flexibility index (Phi) is 10.4. The maximum absolute atomic E-state index is 5.65. The van der Waals surface area contributed by atoms with Crippen molar-refractivity contribution in [3.63, 3.8) is 0 Å². The van der Waals surface area contributed by atoms with Crippen LogP contribution in [-0.4, -0.2) is 24.2 Å². The molecule has 1 fully saturated rings. The fourth-order valence-corrected chi connectivity index (χ4v) is 5.05. The van der Waals surface area contributed by atoms with Crippen LogP contribution in [0.2, 0.25) is 0 Å². The molecule has 3 N–H and O–H groups in total. The van der Waals surface area contributed by atoms with Gasteiger partial charge in [-0.2, -0.15) is 0 Å². The average molecular weight is 463 g/mol. The minimum Gasteiger partial charge on any atom is -0.344 e. The molecule has 1 unspecified atom stereocenters. The Balaban J connectivity index is 0.00000171. The Bertz CT molecular complexity index is 931. The highest BCUT2D eigenvalue weighted by molar-refractivity contribution is 5.86. The number of fused-ring (bicyclic) bond motifs is 1. The molecule has 1 saturated carbocycles. The molecule has 170 valence electrons. The first-order valence-corrected chi connectivity index (χ1v) is 11.4. The highest BCUT2D eigenvalue weighted by Gasteiger charge is 2.24. The summed E-state index contributed by atoms with van der Waals surface area (Å²) in [6.45, 7) is 5.02. The van der Waals surface area contributed by atoms with Gasteiger partial charge in [0.15, 0.2) is 0 Å². The lowest BCUT2D eigenvalue weighted by Gasteiger charge is -2.20. The van der Waals surface area contributed by atoms with E-state index in [4.69, 9.17) is 5.73 Å². The molecular formula is C26H37Cl2N3. The van der Waals surface area contributed by atoms with Crippen LogP contribution in [-0.2, 0) is 0 Å². The van der Waals surface area contributed by atoms with Gasteiger partial charge in [0.05, 0.1) is 0 Å². The maximum atomic E-state index is 5.65. The number of halogens is 2. The van der Waals surface area contributed by atoms with Gasteiger partial charge in [0.2, 0.25) is 0 Å². The number of para-hydroxylation sites is 1. The van der Waals surface area contributed by atoms with E-state index < -0.39 is 0 Å². The molecular weight excluding hydrogens is 425 g/mol. The van der Waals surface area contributed by atoms with E-state index in [1.165, 1.54) is 53.3 Å². The highest BCUT2D eigenvalue weighted by atomic mass is 35.5. The van der Waals surface area contributed by atoms with E-state index in [1.807, 2.05) is 0 Å². The van der Waals surface area contributed by atoms with Crippen molar-refractivity contribution in [3.05, 3.63) is 71.4 Å². The fraction of sp³-hybridized carbons (Fsp3) is 0.462. The molecule has 1 heterocycles. The fourth-order valence-electron chi connectivity index (χ4n) is 5.05. The number of aryl methyl sites for hydroxylation is 1. The number of aromatic nitrogens is 1. The van der Waals surface area contributed by atoms with E-state index in [2.05, 4.69) is 71.5 Å². The third kappa shape index (κ3) is 5.84. The summed E-state index contributed by atoms with van der Waals surface area (Å²) in [4.78, 5) is 0. The molecule has 0 spiro atoms. The topological polar surface area (TPSA) is 43.0 Å². The zero-order valence-corrected chi connectivity index (χ0v) is 20.2. The number of rotatable bonds is 9. The lowest BCUT2D eigenvalue weighted by atomic mass is 9.86. The van der Waals surface area contributed by atoms with Crippen LogP contribution in [0.15, 0.2) is 54.7 Å². The molecule has 0 bridgehead atoms. The van der Waals surface area contributed by atoms with Crippen molar-refractivity contribution in [2.75, 3.05) is 19.6 Å². The van der Waals surface area contributed by atoms with Crippen LogP contribution in [0.5, 0.6) is 0 Å². The summed E-state index contributed by atoms with van der Waals surface area (Å²) >= 11 is 0. The van der Waals surface area contributed by atoms with Crippen LogP contribution in [0.3, 0.4) is 0 Å². The minimum absolute atomic E-state index is 0. The van der Waals surface area contributed by atoms with Crippen LogP contribution < -0.4 is 11.1 Å². The lowest BCUT2D eigenvalue weighted by Crippen LogP contribution is -2.21. The molecule has 5 heteroatoms. The maximum Gasteiger partial charge on any atom is 0.0485 e. The van der Waals surface area contributed by atoms with E-state index in [0.29, 0.717) is 12.0 Å². The van der Waals surface area contributed by atoms with Gasteiger partial charge in [0.25, 0.3) is 0 Å². The van der Waals surface area contributed by atoms with Gasteiger partial charge in [-0.15, -0.1) is 24.8 Å². The van der Waals surface area contributed by atoms with Crippen molar-refractivity contribution in [1.82, 2.24) is 9.88 Å². The molecule has 4 rings (SSSR count). The number of benzene rings is 2. The zero-order chi connectivity index (χ0) is 20.1. The standard InChI is InChI=1S/C26H35N3.2ClH/c1-20-9-2-5-12-22(20)23(15-18-28-17-8-16-27)25-19-29(21-10-3-4-11-21)26-14-7-6-13-24(25)26;;/h2,5-7,9,12-14,19,21,23,28H,3-4,8,10-11,15-18,27H2,1H3;2*1H. The van der Waals surface area contributed by atoms with Crippen LogP contribution in [0, 0.1) is 6.92 Å². The Morgan fingerprint density at radius 3 is 2.42 bits per heavy atom. The Morgan fingerprint density at radius 1 is 0.968 bits per heavy atom. The van der Waals surface area contributed by atoms with Crippen molar-refractivity contribution < 1.29 is 0 Å². The van der Waals surface area contributed by atoms with Gasteiger partial charge in [-0.05, 0) is 75.0 Å². The quantitative estimate of drug-likeness (QED) is 0.363. The van der Waals surface area contributed by atoms with E-state index in [1.54, 1.807) is 0 Å². The van der Waals surface area contributed by atoms with Crippen molar-refractivity contribution in [3.8, 4) is 0 Å². The van der Waals surface area contributed by atoms with Crippen molar-refractivity contribution in [1.29, 1.82) is 0 Å². The molecule has 1 aromatic heterocycles. The Labute approximate surface area is 199 Å². The predicted molar refractivity (Wildman–Crippen MR) is 138 cm³/mol. The summed E-state index contributed by atoms with van der Waals surface area (Å²) in [5.74, 6) is 0.411. The van der Waals surface area contributed by atoms with Gasteiger partial charge < -0.3 is 15.6 Å². The van der Waals surface area contributed by atoms with Gasteiger partial charge in [-0.1, -0.05) is 55.3 Å². The van der Waals surface area contributed by atoms with Crippen molar-refractivity contribution in [2.45, 2.75) is 57.4 Å². The van der Waals surface area contributed by atoms with Crippen LogP contribution in [0.1, 0.15) is 67.2 Å². The molecule has 1 aliphatic carbocycles. The second kappa shape index (κ2) is 12.5. The second-order valence-electron chi connectivity index (χ2n) is 8.54. The first-order valence-electron chi connectivity index (χ1n) is 11.4. The third-order valence-corrected chi connectivity index (χ3v) is 6.60. The largest absolute Gasteiger partial charge is 0.344 e. The minimum atomic E-state index is 0. The van der Waals surface area contributed by atoms with Crippen molar-refractivity contribution >= 4 is 35.7 Å². The van der Waals surface area contributed by atoms with Crippen LogP contribution >= 0.6 is 24.8 Å². The predicted octanol–water partition coefficient (Wildman–Crippen LogP) is 6.37. The van der Waals surface area contributed by atoms with Crippen LogP contribution in [0.25, 0.3) is 10.9 Å². The van der Waals surface area contributed by atoms with Gasteiger partial charge in [-0.25, -0.2) is 0 Å². The van der Waals surface area contributed by atoms with Crippen molar-refractivity contribution in [2.24, 2.45) is 5.73 Å². The first-order chi connectivity index (χ1) is 14.3. The molecule has 0 radical (unpaired) electrons. The third-order valence-electron chi connectivity index (χ3n) is 6.60. The van der Waals surface area contributed by atoms with Gasteiger partial charge >= 0.3 is 0 Å². The van der Waals surface area contributed by atoms with Gasteiger partial charge in [0, 0.05) is 29.1 Å². The van der Waals surface area contributed by atoms with E-state index >= 15 is 0 Å². The zero-order valence-electron chi connectivity index (χ0n) is 18.6. The monoisotopic (exact) mass is 461 g/mol. The smallest absolute Gasteiger partial charge is 0.0485 e. The van der Waals surface area contributed by atoms with Gasteiger partial charge in [-0.3, -0.25) is 0 Å². The number of nitrogens with one attached hydrogen (secondary N) is 1. The summed E-state index contributed by atoms with van der Waals surface area (Å²) < 4.78 is 2.59. The number of nitrogens with zero attached hydrogens (tertiary/aromatic N) is 1. The Hall–Kier alpha value is -1.52. The van der Waals surface area contributed by atoms with Gasteiger partial charge in [0.1, 0.15) is 0 Å². The molecule has 31 heavy (non-hydrogen) atoms. The summed E-state index contributed by atoms with van der Waals surface area (Å²) in [6, 6.07) is 18.6. The number of hydrogen-bond acceptors (Lipinski definition) is 2. The SMILES string of the molecule is Cc1ccccc1C(CCNCCCN)c1cn(C2CCCC2)c2ccccc12.Cl.Cl. The summed E-state index contributed by atoms with van der Waals surface area (Å²) in [6.07, 6.45) is 9.97. The molecule has 2 aromatic carbocycles. The Morgan fingerprint density at radius 2 is 1.68 bits per heavy atom. The average Bonchev–Trinajstić information content (AvgIpc) is 3.40. The normalized spacial score (nSPS) is 14.9. The summed E-state index contributed by atoms with van der Waals surface area (Å²) in [5.41, 5.74) is 11.4. The molecule has 0 saturated heterocycles. The highest BCUT2D eigenvalue weighted by Crippen LogP contribution is 2.39. The van der Waals surface area contributed by atoms with E-state index in [-0.39, 0.29) is 24.8 Å². The number of nitrogens with two attached hydrogens (primary N) is 1. The molecule has 1 atom stereocenters. The molecule has 3 nitrogen and oxygen atoms in total. The molecule has 0 aliphatic heterocycles. The molecule has 3 aromatic rings. The summed E-state index contributed by atoms with van der Waals surface area (Å²) in [5, 5.41) is 5.02. The first kappa shape index (κ1) is 25.7. The lowest BCUT2D eigenvalue weighted by molar-refractivity contribution is 0.532. The van der Waals surface area contributed by atoms with E-state index in [0.717, 1.165) is 32.5 Å². The molecule has 1 aliphatic rings. The summed E-state index contributed by atoms with van der Waals surface area (Å²) in [7, 11) is 0. The second-order valence-corrected chi connectivity index (χ2v) is 8.54. The van der Waals surface area contributed by atoms with Crippen LogP contribution in [0.4, 0.5) is 0 Å². The number of hydrogen-bond donors (Lipinski definition) is 2. The van der Waals surface area contributed by atoms with E-state index in [9.17, 15) is 0 Å².